The minimum absolute atomic E-state index is 0.00292. The second-order valence-corrected chi connectivity index (χ2v) is 4.34. The van der Waals surface area contributed by atoms with Crippen molar-refractivity contribution in [2.75, 3.05) is 13.2 Å². The molecule has 0 aliphatic heterocycles. The quantitative estimate of drug-likeness (QED) is 0.397. The van der Waals surface area contributed by atoms with Crippen LogP contribution in [0.3, 0.4) is 0 Å². The standard InChI is InChI=1S/C9H20F2N2O/c1-9(2,3)7(13-12)4-5-14-6-8(10)11/h7-8,13H,4-6,12H2,1-3H3. The number of hydrogen-bond acceptors (Lipinski definition) is 3. The smallest absolute Gasteiger partial charge is 0.261 e. The summed E-state index contributed by atoms with van der Waals surface area (Å²) >= 11 is 0. The molecule has 0 radical (unpaired) electrons. The Morgan fingerprint density at radius 2 is 1.93 bits per heavy atom. The molecule has 0 aliphatic carbocycles. The molecule has 5 heteroatoms. The van der Waals surface area contributed by atoms with E-state index >= 15 is 0 Å². The Balaban J connectivity index is 3.64. The molecule has 3 nitrogen and oxygen atoms in total. The zero-order chi connectivity index (χ0) is 11.2. The largest absolute Gasteiger partial charge is 0.375 e. The zero-order valence-electron chi connectivity index (χ0n) is 9.02. The first-order chi connectivity index (χ1) is 6.38. The van der Waals surface area contributed by atoms with E-state index in [0.29, 0.717) is 13.0 Å². The maximum atomic E-state index is 11.7. The van der Waals surface area contributed by atoms with E-state index < -0.39 is 13.0 Å². The van der Waals surface area contributed by atoms with Gasteiger partial charge in [0, 0.05) is 12.6 Å². The van der Waals surface area contributed by atoms with Gasteiger partial charge < -0.3 is 4.74 Å². The average Bonchev–Trinajstić information content (AvgIpc) is 2.01. The van der Waals surface area contributed by atoms with Gasteiger partial charge in [-0.15, -0.1) is 0 Å². The van der Waals surface area contributed by atoms with Crippen molar-refractivity contribution in [3.63, 3.8) is 0 Å². The van der Waals surface area contributed by atoms with Gasteiger partial charge >= 0.3 is 0 Å². The van der Waals surface area contributed by atoms with Crippen molar-refractivity contribution in [3.05, 3.63) is 0 Å². The van der Waals surface area contributed by atoms with Crippen LogP contribution in [0.4, 0.5) is 8.78 Å². The number of hydrogen-bond donors (Lipinski definition) is 2. The third-order valence-corrected chi connectivity index (χ3v) is 2.04. The fourth-order valence-corrected chi connectivity index (χ4v) is 1.14. The van der Waals surface area contributed by atoms with E-state index in [1.54, 1.807) is 0 Å². The number of halogens is 2. The molecule has 0 fully saturated rings. The van der Waals surface area contributed by atoms with E-state index in [0.717, 1.165) is 0 Å². The number of hydrazine groups is 1. The molecule has 0 rings (SSSR count). The summed E-state index contributed by atoms with van der Waals surface area (Å²) in [4.78, 5) is 0. The van der Waals surface area contributed by atoms with Crippen LogP contribution in [0.1, 0.15) is 27.2 Å². The van der Waals surface area contributed by atoms with Gasteiger partial charge in [-0.05, 0) is 11.8 Å². The maximum Gasteiger partial charge on any atom is 0.261 e. The highest BCUT2D eigenvalue weighted by atomic mass is 19.3. The highest BCUT2D eigenvalue weighted by Gasteiger charge is 2.22. The number of nitrogens with one attached hydrogen (secondary N) is 1. The molecular formula is C9H20F2N2O. The van der Waals surface area contributed by atoms with Gasteiger partial charge in [-0.2, -0.15) is 0 Å². The molecule has 0 aromatic carbocycles. The van der Waals surface area contributed by atoms with Crippen LogP contribution in [0, 0.1) is 5.41 Å². The first kappa shape index (κ1) is 13.7. The Morgan fingerprint density at radius 3 is 2.29 bits per heavy atom. The molecule has 1 unspecified atom stereocenters. The molecule has 1 atom stereocenters. The van der Waals surface area contributed by atoms with Gasteiger partial charge in [0.2, 0.25) is 0 Å². The fraction of sp³-hybridized carbons (Fsp3) is 1.00. The Hall–Kier alpha value is -0.260. The molecule has 0 aromatic rings. The predicted octanol–water partition coefficient (Wildman–Crippen LogP) is 1.54. The van der Waals surface area contributed by atoms with E-state index in [9.17, 15) is 8.78 Å². The summed E-state index contributed by atoms with van der Waals surface area (Å²) < 4.78 is 28.2. The van der Waals surface area contributed by atoms with Crippen LogP contribution in [0.5, 0.6) is 0 Å². The van der Waals surface area contributed by atoms with Gasteiger partial charge in [0.15, 0.2) is 0 Å². The third-order valence-electron chi connectivity index (χ3n) is 2.04. The van der Waals surface area contributed by atoms with E-state index in [1.807, 2.05) is 20.8 Å². The van der Waals surface area contributed by atoms with Gasteiger partial charge in [0.1, 0.15) is 6.61 Å². The van der Waals surface area contributed by atoms with Crippen LogP contribution < -0.4 is 11.3 Å². The lowest BCUT2D eigenvalue weighted by Gasteiger charge is -2.29. The number of ether oxygens (including phenoxy) is 1. The van der Waals surface area contributed by atoms with Crippen molar-refractivity contribution in [2.24, 2.45) is 11.3 Å². The Kier molecular flexibility index (Phi) is 6.15. The molecule has 0 spiro atoms. The lowest BCUT2D eigenvalue weighted by atomic mass is 9.85. The van der Waals surface area contributed by atoms with Crippen LogP contribution in [-0.2, 0) is 4.74 Å². The summed E-state index contributed by atoms with van der Waals surface area (Å²) in [5.74, 6) is 5.35. The summed E-state index contributed by atoms with van der Waals surface area (Å²) in [6.07, 6.45) is -1.76. The van der Waals surface area contributed by atoms with Crippen molar-refractivity contribution < 1.29 is 13.5 Å². The monoisotopic (exact) mass is 210 g/mol. The summed E-state index contributed by atoms with van der Waals surface area (Å²) in [5.41, 5.74) is 2.67. The van der Waals surface area contributed by atoms with Gasteiger partial charge in [-0.25, -0.2) is 8.78 Å². The Bertz CT molecular complexity index is 148. The van der Waals surface area contributed by atoms with E-state index in [-0.39, 0.29) is 11.5 Å². The van der Waals surface area contributed by atoms with Crippen LogP contribution in [-0.4, -0.2) is 25.7 Å². The highest BCUT2D eigenvalue weighted by molar-refractivity contribution is 4.78. The fourth-order valence-electron chi connectivity index (χ4n) is 1.14. The molecule has 0 heterocycles. The van der Waals surface area contributed by atoms with Crippen LogP contribution in [0.15, 0.2) is 0 Å². The first-order valence-corrected chi connectivity index (χ1v) is 4.70. The minimum Gasteiger partial charge on any atom is -0.375 e. The molecule has 0 aromatic heterocycles. The molecule has 0 saturated carbocycles. The van der Waals surface area contributed by atoms with Gasteiger partial charge in [0.25, 0.3) is 6.43 Å². The molecular weight excluding hydrogens is 190 g/mol. The van der Waals surface area contributed by atoms with Crippen molar-refractivity contribution >= 4 is 0 Å². The summed E-state index contributed by atoms with van der Waals surface area (Å²) in [7, 11) is 0. The SMILES string of the molecule is CC(C)(C)C(CCOCC(F)F)NN. The van der Waals surface area contributed by atoms with Crippen molar-refractivity contribution in [3.8, 4) is 0 Å². The lowest BCUT2D eigenvalue weighted by Crippen LogP contribution is -2.45. The zero-order valence-corrected chi connectivity index (χ0v) is 9.02. The molecule has 0 saturated heterocycles. The number of nitrogens with two attached hydrogens (primary N) is 1. The second-order valence-electron chi connectivity index (χ2n) is 4.34. The topological polar surface area (TPSA) is 47.3 Å². The summed E-state index contributed by atoms with van der Waals surface area (Å²) in [6.45, 7) is 5.90. The maximum absolute atomic E-state index is 11.7. The normalized spacial score (nSPS) is 14.8. The molecule has 14 heavy (non-hydrogen) atoms. The third kappa shape index (κ3) is 6.23. The van der Waals surface area contributed by atoms with Crippen molar-refractivity contribution in [1.82, 2.24) is 5.43 Å². The van der Waals surface area contributed by atoms with Crippen LogP contribution in [0.25, 0.3) is 0 Å². The van der Waals surface area contributed by atoms with E-state index in [2.05, 4.69) is 5.43 Å². The molecule has 86 valence electrons. The van der Waals surface area contributed by atoms with E-state index in [4.69, 9.17) is 10.6 Å². The number of rotatable bonds is 6. The second kappa shape index (κ2) is 6.27. The minimum atomic E-state index is -2.39. The van der Waals surface area contributed by atoms with Crippen molar-refractivity contribution in [2.45, 2.75) is 39.7 Å². The van der Waals surface area contributed by atoms with Crippen LogP contribution in [0.2, 0.25) is 0 Å². The molecule has 3 N–H and O–H groups in total. The van der Waals surface area contributed by atoms with E-state index in [1.165, 1.54) is 0 Å². The van der Waals surface area contributed by atoms with Crippen LogP contribution >= 0.6 is 0 Å². The predicted molar refractivity (Wildman–Crippen MR) is 52.0 cm³/mol. The highest BCUT2D eigenvalue weighted by Crippen LogP contribution is 2.20. The molecule has 0 bridgehead atoms. The van der Waals surface area contributed by atoms with Gasteiger partial charge in [-0.1, -0.05) is 20.8 Å². The number of alkyl halides is 2. The summed E-state index contributed by atoms with van der Waals surface area (Å²) in [5, 5.41) is 0. The van der Waals surface area contributed by atoms with Gasteiger partial charge in [-0.3, -0.25) is 11.3 Å². The molecule has 0 amide bonds. The average molecular weight is 210 g/mol. The lowest BCUT2D eigenvalue weighted by molar-refractivity contribution is 0.0110. The Labute approximate surface area is 84.0 Å². The first-order valence-electron chi connectivity index (χ1n) is 4.70. The summed E-state index contributed by atoms with van der Waals surface area (Å²) in [6, 6.07) is 0.0696. The molecule has 0 aliphatic rings. The van der Waals surface area contributed by atoms with Gasteiger partial charge in [0.05, 0.1) is 0 Å². The Morgan fingerprint density at radius 1 is 1.36 bits per heavy atom. The van der Waals surface area contributed by atoms with Crippen molar-refractivity contribution in [1.29, 1.82) is 0 Å².